The standard InChI is InChI=1S/C25H31N5O3/c1-6-28(15-14-27(4)5)23(31)22-24(32)29(17-20-10-8-7-9-11-20)25(33)30(26-22)21-13-12-18(2)19(3)16-21/h7-13,16H,6,14-15,17H2,1-5H3. The van der Waals surface area contributed by atoms with Crippen molar-refractivity contribution in [1.29, 1.82) is 0 Å². The fourth-order valence-corrected chi connectivity index (χ4v) is 3.45. The van der Waals surface area contributed by atoms with Crippen molar-refractivity contribution < 1.29 is 4.79 Å². The van der Waals surface area contributed by atoms with Gasteiger partial charge in [-0.3, -0.25) is 14.2 Å². The first-order valence-electron chi connectivity index (χ1n) is 11.0. The molecule has 8 nitrogen and oxygen atoms in total. The largest absolute Gasteiger partial charge is 0.352 e. The number of nitrogens with zero attached hydrogens (tertiary/aromatic N) is 5. The highest BCUT2D eigenvalue weighted by atomic mass is 16.2. The summed E-state index contributed by atoms with van der Waals surface area (Å²) in [6.07, 6.45) is 0. The topological polar surface area (TPSA) is 80.4 Å². The van der Waals surface area contributed by atoms with E-state index in [2.05, 4.69) is 5.10 Å². The Morgan fingerprint density at radius 2 is 1.67 bits per heavy atom. The summed E-state index contributed by atoms with van der Waals surface area (Å²) >= 11 is 0. The van der Waals surface area contributed by atoms with Crippen LogP contribution >= 0.6 is 0 Å². The molecule has 3 aromatic rings. The monoisotopic (exact) mass is 449 g/mol. The number of benzene rings is 2. The summed E-state index contributed by atoms with van der Waals surface area (Å²) in [6.45, 7) is 7.35. The minimum Gasteiger partial charge on any atom is -0.336 e. The molecule has 0 unspecified atom stereocenters. The van der Waals surface area contributed by atoms with Crippen LogP contribution < -0.4 is 11.2 Å². The molecule has 1 heterocycles. The lowest BCUT2D eigenvalue weighted by Crippen LogP contribution is -2.47. The van der Waals surface area contributed by atoms with Crippen molar-refractivity contribution in [2.45, 2.75) is 27.3 Å². The van der Waals surface area contributed by atoms with Crippen molar-refractivity contribution in [3.05, 3.63) is 91.8 Å². The highest BCUT2D eigenvalue weighted by Gasteiger charge is 2.24. The average Bonchev–Trinajstić information content (AvgIpc) is 2.79. The van der Waals surface area contributed by atoms with E-state index >= 15 is 0 Å². The third-order valence-corrected chi connectivity index (χ3v) is 5.67. The molecule has 0 saturated heterocycles. The van der Waals surface area contributed by atoms with Gasteiger partial charge in [-0.25, -0.2) is 4.79 Å². The summed E-state index contributed by atoms with van der Waals surface area (Å²) in [5, 5.41) is 4.28. The number of carbonyl (C=O) groups is 1. The highest BCUT2D eigenvalue weighted by Crippen LogP contribution is 2.12. The molecule has 2 aromatic carbocycles. The van der Waals surface area contributed by atoms with Gasteiger partial charge in [0.15, 0.2) is 0 Å². The first-order valence-corrected chi connectivity index (χ1v) is 11.0. The Kier molecular flexibility index (Phi) is 7.60. The van der Waals surface area contributed by atoms with E-state index in [0.717, 1.165) is 25.9 Å². The second-order valence-corrected chi connectivity index (χ2v) is 8.38. The summed E-state index contributed by atoms with van der Waals surface area (Å²) in [5.41, 5.74) is 1.82. The number of rotatable bonds is 8. The van der Waals surface area contributed by atoms with Crippen LogP contribution in [0.25, 0.3) is 5.69 Å². The molecule has 0 radical (unpaired) electrons. The lowest BCUT2D eigenvalue weighted by atomic mass is 10.1. The molecular weight excluding hydrogens is 418 g/mol. The lowest BCUT2D eigenvalue weighted by molar-refractivity contribution is 0.0742. The van der Waals surface area contributed by atoms with E-state index in [9.17, 15) is 14.4 Å². The SMILES string of the molecule is CCN(CCN(C)C)C(=O)c1nn(-c2ccc(C)c(C)c2)c(=O)n(Cc2ccccc2)c1=O. The van der Waals surface area contributed by atoms with Gasteiger partial charge in [0, 0.05) is 19.6 Å². The number of amides is 1. The van der Waals surface area contributed by atoms with Crippen LogP contribution in [0.2, 0.25) is 0 Å². The minimum atomic E-state index is -0.683. The van der Waals surface area contributed by atoms with E-state index in [0.29, 0.717) is 25.3 Å². The first kappa shape index (κ1) is 24.1. The number of carbonyl (C=O) groups excluding carboxylic acids is 1. The molecule has 1 aromatic heterocycles. The Morgan fingerprint density at radius 1 is 0.970 bits per heavy atom. The Balaban J connectivity index is 2.18. The predicted molar refractivity (Wildman–Crippen MR) is 129 cm³/mol. The van der Waals surface area contributed by atoms with Gasteiger partial charge in [-0.2, -0.15) is 9.78 Å². The van der Waals surface area contributed by atoms with Crippen molar-refractivity contribution in [3.8, 4) is 5.69 Å². The fraction of sp³-hybridized carbons (Fsp3) is 0.360. The Morgan fingerprint density at radius 3 is 2.27 bits per heavy atom. The molecule has 0 atom stereocenters. The van der Waals surface area contributed by atoms with Crippen molar-refractivity contribution in [3.63, 3.8) is 0 Å². The van der Waals surface area contributed by atoms with E-state index in [1.807, 2.05) is 82.2 Å². The molecule has 8 heteroatoms. The lowest BCUT2D eigenvalue weighted by Gasteiger charge is -2.22. The molecule has 0 fully saturated rings. The third kappa shape index (κ3) is 5.46. The van der Waals surface area contributed by atoms with Crippen LogP contribution in [0.1, 0.15) is 34.1 Å². The Hall–Kier alpha value is -3.52. The van der Waals surface area contributed by atoms with E-state index in [1.165, 1.54) is 0 Å². The number of hydrogen-bond acceptors (Lipinski definition) is 5. The summed E-state index contributed by atoms with van der Waals surface area (Å²) in [5.74, 6) is -0.483. The molecule has 0 bridgehead atoms. The van der Waals surface area contributed by atoms with Crippen LogP contribution in [0.3, 0.4) is 0 Å². The number of hydrogen-bond donors (Lipinski definition) is 0. The van der Waals surface area contributed by atoms with Crippen LogP contribution in [0.4, 0.5) is 0 Å². The van der Waals surface area contributed by atoms with Gasteiger partial charge in [-0.05, 0) is 63.7 Å². The van der Waals surface area contributed by atoms with Gasteiger partial charge in [-0.1, -0.05) is 36.4 Å². The van der Waals surface area contributed by atoms with E-state index < -0.39 is 17.2 Å². The molecule has 3 rings (SSSR count). The quantitative estimate of drug-likeness (QED) is 0.526. The van der Waals surface area contributed by atoms with Crippen molar-refractivity contribution in [2.24, 2.45) is 0 Å². The summed E-state index contributed by atoms with van der Waals surface area (Å²) in [6, 6.07) is 14.7. The summed E-state index contributed by atoms with van der Waals surface area (Å²) in [4.78, 5) is 43.6. The molecule has 0 saturated carbocycles. The highest BCUT2D eigenvalue weighted by molar-refractivity contribution is 5.91. The normalized spacial score (nSPS) is 11.1. The zero-order valence-corrected chi connectivity index (χ0v) is 19.9. The van der Waals surface area contributed by atoms with E-state index in [1.54, 1.807) is 11.0 Å². The number of likely N-dealkylation sites (N-methyl/N-ethyl adjacent to an activating group) is 2. The van der Waals surface area contributed by atoms with Crippen LogP contribution in [0.5, 0.6) is 0 Å². The van der Waals surface area contributed by atoms with Crippen molar-refractivity contribution in [2.75, 3.05) is 33.7 Å². The molecule has 1 amide bonds. The predicted octanol–water partition coefficient (Wildman–Crippen LogP) is 2.08. The van der Waals surface area contributed by atoms with Gasteiger partial charge < -0.3 is 9.80 Å². The molecule has 33 heavy (non-hydrogen) atoms. The van der Waals surface area contributed by atoms with Crippen molar-refractivity contribution in [1.82, 2.24) is 24.1 Å². The number of aromatic nitrogens is 3. The maximum Gasteiger partial charge on any atom is 0.352 e. The molecule has 0 spiro atoms. The number of aryl methyl sites for hydroxylation is 2. The second kappa shape index (κ2) is 10.4. The smallest absolute Gasteiger partial charge is 0.336 e. The Labute approximate surface area is 193 Å². The molecule has 0 aliphatic rings. The molecule has 0 N–H and O–H groups in total. The maximum absolute atomic E-state index is 13.4. The van der Waals surface area contributed by atoms with Gasteiger partial charge in [0.1, 0.15) is 0 Å². The third-order valence-electron chi connectivity index (χ3n) is 5.67. The van der Waals surface area contributed by atoms with Crippen LogP contribution in [0, 0.1) is 13.8 Å². The zero-order chi connectivity index (χ0) is 24.1. The van der Waals surface area contributed by atoms with Crippen LogP contribution in [-0.2, 0) is 6.54 Å². The fourth-order valence-electron chi connectivity index (χ4n) is 3.45. The van der Waals surface area contributed by atoms with Gasteiger partial charge in [0.25, 0.3) is 11.5 Å². The van der Waals surface area contributed by atoms with Gasteiger partial charge in [0.05, 0.1) is 12.2 Å². The molecule has 0 aliphatic heterocycles. The van der Waals surface area contributed by atoms with Gasteiger partial charge in [-0.15, -0.1) is 0 Å². The van der Waals surface area contributed by atoms with E-state index in [4.69, 9.17) is 0 Å². The van der Waals surface area contributed by atoms with E-state index in [-0.39, 0.29) is 12.2 Å². The van der Waals surface area contributed by atoms with Crippen LogP contribution in [0.15, 0.2) is 58.1 Å². The average molecular weight is 450 g/mol. The maximum atomic E-state index is 13.4. The Bertz CT molecular complexity index is 1250. The summed E-state index contributed by atoms with van der Waals surface area (Å²) in [7, 11) is 3.84. The summed E-state index contributed by atoms with van der Waals surface area (Å²) < 4.78 is 2.24. The molecular formula is C25H31N5O3. The minimum absolute atomic E-state index is 0.0516. The molecule has 0 aliphatic carbocycles. The van der Waals surface area contributed by atoms with Gasteiger partial charge >= 0.3 is 5.69 Å². The van der Waals surface area contributed by atoms with Crippen molar-refractivity contribution >= 4 is 5.91 Å². The second-order valence-electron chi connectivity index (χ2n) is 8.38. The zero-order valence-electron chi connectivity index (χ0n) is 19.9. The first-order chi connectivity index (χ1) is 15.7. The van der Waals surface area contributed by atoms with Gasteiger partial charge in [0.2, 0.25) is 5.69 Å². The van der Waals surface area contributed by atoms with Crippen LogP contribution in [-0.4, -0.2) is 63.8 Å². The molecule has 174 valence electrons.